The summed E-state index contributed by atoms with van der Waals surface area (Å²) in [5.74, 6) is 0.468. The maximum atomic E-state index is 11.0. The number of nitrogens with zero attached hydrogens (tertiary/aromatic N) is 1. The smallest absolute Gasteiger partial charge is 0.415 e. The molecule has 0 aliphatic carbocycles. The zero-order chi connectivity index (χ0) is 7.90. The molecule has 2 aliphatic rings. The van der Waals surface area contributed by atoms with E-state index >= 15 is 0 Å². The van der Waals surface area contributed by atoms with Gasteiger partial charge in [-0.2, -0.15) is 0 Å². The van der Waals surface area contributed by atoms with Crippen molar-refractivity contribution < 1.29 is 27.3 Å². The normalized spacial score (nSPS) is 32.8. The topological polar surface area (TPSA) is 46.1 Å². The number of hydrogen-bond donors (Lipinski definition) is 1. The molecule has 2 aliphatic heterocycles. The number of rotatable bonds is 1. The first-order valence-electron chi connectivity index (χ1n) is 3.60. The highest BCUT2D eigenvalue weighted by Gasteiger charge is 2.53. The van der Waals surface area contributed by atoms with Gasteiger partial charge in [-0.3, -0.25) is 0 Å². The van der Waals surface area contributed by atoms with Crippen molar-refractivity contribution in [2.75, 3.05) is 25.7 Å². The summed E-state index contributed by atoms with van der Waals surface area (Å²) < 4.78 is 4.90. The lowest BCUT2D eigenvalue weighted by Gasteiger charge is -2.20. The summed E-state index contributed by atoms with van der Waals surface area (Å²) in [6.07, 6.45) is -0.223. The molecule has 0 aromatic rings. The molecule has 0 aromatic heterocycles. The Morgan fingerprint density at radius 1 is 1.75 bits per heavy atom. The van der Waals surface area contributed by atoms with Crippen molar-refractivity contribution in [2.45, 2.75) is 5.54 Å². The molecule has 2 saturated heterocycles. The summed E-state index contributed by atoms with van der Waals surface area (Å²) in [4.78, 5) is 12.8. The van der Waals surface area contributed by atoms with Crippen LogP contribution in [0.4, 0.5) is 4.79 Å². The van der Waals surface area contributed by atoms with Gasteiger partial charge >= 0.3 is 6.09 Å². The van der Waals surface area contributed by atoms with E-state index in [0.29, 0.717) is 19.2 Å². The van der Waals surface area contributed by atoms with Crippen LogP contribution in [0.5, 0.6) is 0 Å². The fourth-order valence-electron chi connectivity index (χ4n) is 1.61. The number of carbonyl (C=O) groups excluding carboxylic acids is 1. The van der Waals surface area contributed by atoms with Crippen LogP contribution in [0.3, 0.4) is 0 Å². The second kappa shape index (κ2) is 3.28. The number of halogens is 2. The number of fused-ring (bicyclic) bond motifs is 1. The van der Waals surface area contributed by atoms with Crippen molar-refractivity contribution in [1.82, 2.24) is 4.90 Å². The highest BCUT2D eigenvalue weighted by molar-refractivity contribution is 6.19. The van der Waals surface area contributed by atoms with Gasteiger partial charge in [0, 0.05) is 0 Å². The molecule has 2 heterocycles. The standard InChI is InChI=1S/C6H9ClN2O2.ClH/c7-1-6-2-8-4-9(6)5(10)11-3-6;/h8H,1-4H2;1H. The van der Waals surface area contributed by atoms with E-state index in [9.17, 15) is 4.79 Å². The third-order valence-corrected chi connectivity index (χ3v) is 2.84. The minimum atomic E-state index is -0.223. The zero-order valence-corrected chi connectivity index (χ0v) is 7.94. The Balaban J connectivity index is 0.000000720. The number of cyclic esters (lactones) is 1. The number of amides is 1. The lowest BCUT2D eigenvalue weighted by molar-refractivity contribution is -0.644. The molecule has 0 bridgehead atoms. The van der Waals surface area contributed by atoms with Crippen LogP contribution in [-0.4, -0.2) is 42.2 Å². The molecule has 1 unspecified atom stereocenters. The van der Waals surface area contributed by atoms with Gasteiger partial charge in [-0.15, -0.1) is 11.6 Å². The molecule has 2 N–H and O–H groups in total. The van der Waals surface area contributed by atoms with Crippen molar-refractivity contribution in [2.24, 2.45) is 0 Å². The molecule has 0 radical (unpaired) electrons. The summed E-state index contributed by atoms with van der Waals surface area (Å²) in [7, 11) is 0. The van der Waals surface area contributed by atoms with Gasteiger partial charge < -0.3 is 22.5 Å². The Bertz CT molecular complexity index is 202. The van der Waals surface area contributed by atoms with E-state index in [1.165, 1.54) is 0 Å². The van der Waals surface area contributed by atoms with E-state index in [0.717, 1.165) is 6.54 Å². The third kappa shape index (κ3) is 1.14. The number of carbonyl (C=O) groups is 1. The Morgan fingerprint density at radius 2 is 2.50 bits per heavy atom. The van der Waals surface area contributed by atoms with Gasteiger partial charge in [0.2, 0.25) is 0 Å². The van der Waals surface area contributed by atoms with Crippen molar-refractivity contribution in [3.05, 3.63) is 0 Å². The molecule has 1 atom stereocenters. The van der Waals surface area contributed by atoms with Crippen LogP contribution in [-0.2, 0) is 4.74 Å². The quantitative estimate of drug-likeness (QED) is 0.451. The lowest BCUT2D eigenvalue weighted by Crippen LogP contribution is -3.00. The van der Waals surface area contributed by atoms with E-state index in [2.05, 4.69) is 5.32 Å². The van der Waals surface area contributed by atoms with Crippen molar-refractivity contribution in [3.8, 4) is 0 Å². The van der Waals surface area contributed by atoms with Gasteiger partial charge in [0.25, 0.3) is 0 Å². The van der Waals surface area contributed by atoms with Crippen LogP contribution in [0.15, 0.2) is 0 Å². The van der Waals surface area contributed by atoms with Crippen LogP contribution in [0.2, 0.25) is 0 Å². The van der Waals surface area contributed by atoms with E-state index in [4.69, 9.17) is 16.3 Å². The number of hydrogen-bond acceptors (Lipinski definition) is 2. The second-order valence-corrected chi connectivity index (χ2v) is 3.28. The second-order valence-electron chi connectivity index (χ2n) is 3.02. The minimum absolute atomic E-state index is 0. The largest absolute Gasteiger partial charge is 1.00 e. The SMILES string of the molecule is O=C1OCC2(CCl)C[NH2+]CN12.[Cl-]. The maximum absolute atomic E-state index is 11.0. The van der Waals surface area contributed by atoms with E-state index in [-0.39, 0.29) is 24.0 Å². The first-order chi connectivity index (χ1) is 5.28. The van der Waals surface area contributed by atoms with Crippen molar-refractivity contribution >= 4 is 17.7 Å². The Morgan fingerprint density at radius 3 is 3.08 bits per heavy atom. The molecule has 0 spiro atoms. The maximum Gasteiger partial charge on any atom is 0.415 e. The van der Waals surface area contributed by atoms with Gasteiger partial charge in [-0.05, 0) is 0 Å². The Kier molecular flexibility index (Phi) is 2.70. The van der Waals surface area contributed by atoms with E-state index in [1.807, 2.05) is 0 Å². The van der Waals surface area contributed by atoms with E-state index in [1.54, 1.807) is 4.90 Å². The van der Waals surface area contributed by atoms with E-state index < -0.39 is 0 Å². The summed E-state index contributed by atoms with van der Waals surface area (Å²) in [6.45, 7) is 2.00. The molecule has 2 fully saturated rings. The summed E-state index contributed by atoms with van der Waals surface area (Å²) in [5.41, 5.74) is -0.210. The Hall–Kier alpha value is -0.190. The lowest BCUT2D eigenvalue weighted by atomic mass is 10.1. The summed E-state index contributed by atoms with van der Waals surface area (Å²) >= 11 is 5.77. The van der Waals surface area contributed by atoms with Crippen LogP contribution >= 0.6 is 11.6 Å². The monoisotopic (exact) mass is 212 g/mol. The van der Waals surface area contributed by atoms with Gasteiger partial charge in [-0.25, -0.2) is 9.69 Å². The fraction of sp³-hybridized carbons (Fsp3) is 0.833. The first kappa shape index (κ1) is 9.89. The molecule has 12 heavy (non-hydrogen) atoms. The molecule has 1 amide bonds. The molecule has 0 aromatic carbocycles. The number of ether oxygens (including phenoxy) is 1. The highest BCUT2D eigenvalue weighted by Crippen LogP contribution is 2.25. The fourth-order valence-corrected chi connectivity index (χ4v) is 1.94. The molecule has 70 valence electrons. The molecule has 0 saturated carbocycles. The Labute approximate surface area is 81.6 Å². The average Bonchev–Trinajstić information content (AvgIpc) is 2.53. The van der Waals surface area contributed by atoms with Gasteiger partial charge in [0.05, 0.1) is 5.88 Å². The number of alkyl halides is 1. The van der Waals surface area contributed by atoms with Crippen LogP contribution < -0.4 is 17.7 Å². The number of nitrogens with two attached hydrogens (primary N) is 1. The van der Waals surface area contributed by atoms with Crippen molar-refractivity contribution in [1.29, 1.82) is 0 Å². The molecule has 6 heteroatoms. The summed E-state index contributed by atoms with van der Waals surface area (Å²) in [6, 6.07) is 0. The molecular formula is C6H10Cl2N2O2. The van der Waals surface area contributed by atoms with Crippen LogP contribution in [0.1, 0.15) is 0 Å². The average molecular weight is 213 g/mol. The third-order valence-electron chi connectivity index (χ3n) is 2.34. The number of quaternary nitrogens is 1. The van der Waals surface area contributed by atoms with Gasteiger partial charge in [0.1, 0.15) is 18.7 Å². The van der Waals surface area contributed by atoms with Gasteiger partial charge in [0.15, 0.2) is 6.67 Å². The summed E-state index contributed by atoms with van der Waals surface area (Å²) in [5, 5.41) is 2.07. The minimum Gasteiger partial charge on any atom is -1.00 e. The zero-order valence-electron chi connectivity index (χ0n) is 6.43. The van der Waals surface area contributed by atoms with Gasteiger partial charge in [-0.1, -0.05) is 0 Å². The first-order valence-corrected chi connectivity index (χ1v) is 4.14. The molecular weight excluding hydrogens is 203 g/mol. The van der Waals surface area contributed by atoms with Crippen LogP contribution in [0.25, 0.3) is 0 Å². The highest BCUT2D eigenvalue weighted by atomic mass is 35.5. The predicted octanol–water partition coefficient (Wildman–Crippen LogP) is -4.05. The predicted molar refractivity (Wildman–Crippen MR) is 38.3 cm³/mol. The molecule has 2 rings (SSSR count). The van der Waals surface area contributed by atoms with Crippen molar-refractivity contribution in [3.63, 3.8) is 0 Å². The van der Waals surface area contributed by atoms with Crippen LogP contribution in [0, 0.1) is 0 Å². The molecule has 4 nitrogen and oxygen atoms in total.